The lowest BCUT2D eigenvalue weighted by molar-refractivity contribution is 0.0284. The first kappa shape index (κ1) is 17.4. The van der Waals surface area contributed by atoms with Crippen LogP contribution in [0.5, 0.6) is 5.75 Å². The van der Waals surface area contributed by atoms with E-state index in [1.165, 1.54) is 30.5 Å². The van der Waals surface area contributed by atoms with Crippen molar-refractivity contribution in [3.63, 3.8) is 0 Å². The molecule has 0 aliphatic heterocycles. The minimum atomic E-state index is -4.18. The fourth-order valence-electron chi connectivity index (χ4n) is 1.64. The van der Waals surface area contributed by atoms with Gasteiger partial charge in [-0.15, -0.1) is 9.39 Å². The summed E-state index contributed by atoms with van der Waals surface area (Å²) in [4.78, 5) is -0.0841. The van der Waals surface area contributed by atoms with Crippen LogP contribution in [0.4, 0.5) is 0 Å². The fourth-order valence-corrected chi connectivity index (χ4v) is 2.50. The molecule has 0 saturated carbocycles. The van der Waals surface area contributed by atoms with E-state index in [0.29, 0.717) is 10.7 Å². The first-order valence-corrected chi connectivity index (χ1v) is 8.17. The summed E-state index contributed by atoms with van der Waals surface area (Å²) in [5.41, 5.74) is 6.74. The van der Waals surface area contributed by atoms with Crippen LogP contribution >= 0.6 is 0 Å². The van der Waals surface area contributed by atoms with Crippen LogP contribution in [0.25, 0.3) is 0 Å². The normalized spacial score (nSPS) is 11.5. The monoisotopic (exact) mass is 348 g/mol. The molecule has 9 heteroatoms. The summed E-state index contributed by atoms with van der Waals surface area (Å²) in [6.07, 6.45) is 1.24. The highest BCUT2D eigenvalue weighted by Gasteiger charge is 2.21. The summed E-state index contributed by atoms with van der Waals surface area (Å²) in [5, 5.41) is 20.7. The molecule has 2 aromatic rings. The van der Waals surface area contributed by atoms with Crippen LogP contribution in [-0.4, -0.2) is 30.9 Å². The van der Waals surface area contributed by atoms with Crippen molar-refractivity contribution in [2.75, 3.05) is 0 Å². The standard InChI is InChI=1S/C15H16N4O4S/c1-11-2-8-14(9-3-11)24(21,22)23-19(15(16)17)18-10-12-4-6-13(20)7-5-12/h2-10,20H,1H3,(H3,16,17). The Hall–Kier alpha value is -2.91. The van der Waals surface area contributed by atoms with Gasteiger partial charge in [0.1, 0.15) is 5.75 Å². The van der Waals surface area contributed by atoms with Gasteiger partial charge in [-0.1, -0.05) is 22.9 Å². The van der Waals surface area contributed by atoms with E-state index in [9.17, 15) is 13.5 Å². The predicted molar refractivity (Wildman–Crippen MR) is 88.9 cm³/mol. The second kappa shape index (κ2) is 7.11. The first-order valence-electron chi connectivity index (χ1n) is 6.76. The molecule has 0 spiro atoms. The molecule has 0 aliphatic carbocycles. The van der Waals surface area contributed by atoms with Crippen molar-refractivity contribution in [2.45, 2.75) is 11.8 Å². The molecular weight excluding hydrogens is 332 g/mol. The number of nitrogens with zero attached hydrogens (tertiary/aromatic N) is 2. The molecule has 0 radical (unpaired) electrons. The van der Waals surface area contributed by atoms with Crippen LogP contribution in [0.15, 0.2) is 58.5 Å². The van der Waals surface area contributed by atoms with Gasteiger partial charge in [0.2, 0.25) is 5.96 Å². The van der Waals surface area contributed by atoms with Crippen molar-refractivity contribution < 1.29 is 17.8 Å². The van der Waals surface area contributed by atoms with Crippen LogP contribution in [0.1, 0.15) is 11.1 Å². The van der Waals surface area contributed by atoms with E-state index >= 15 is 0 Å². The van der Waals surface area contributed by atoms with Crippen molar-refractivity contribution >= 4 is 22.3 Å². The number of rotatable bonds is 5. The number of hydrazone groups is 1. The molecular formula is C15H16N4O4S. The fraction of sp³-hybridized carbons (Fsp3) is 0.0667. The maximum absolute atomic E-state index is 12.2. The van der Waals surface area contributed by atoms with Crippen molar-refractivity contribution in [1.29, 1.82) is 5.41 Å². The number of nitrogens with two attached hydrogens (primary N) is 1. The summed E-state index contributed by atoms with van der Waals surface area (Å²) in [6.45, 7) is 1.82. The number of nitrogens with one attached hydrogen (secondary N) is 1. The maximum Gasteiger partial charge on any atom is 0.319 e. The van der Waals surface area contributed by atoms with Gasteiger partial charge in [0.05, 0.1) is 11.1 Å². The largest absolute Gasteiger partial charge is 0.508 e. The minimum absolute atomic E-state index is 0.0776. The highest BCUT2D eigenvalue weighted by Crippen LogP contribution is 2.15. The molecule has 126 valence electrons. The Morgan fingerprint density at radius 2 is 1.79 bits per heavy atom. The smallest absolute Gasteiger partial charge is 0.319 e. The molecule has 0 bridgehead atoms. The number of phenolic OH excluding ortho intramolecular Hbond substituents is 1. The zero-order chi connectivity index (χ0) is 17.7. The number of phenols is 1. The van der Waals surface area contributed by atoms with Crippen LogP contribution < -0.4 is 5.73 Å². The van der Waals surface area contributed by atoms with Crippen LogP contribution in [-0.2, 0) is 14.4 Å². The molecule has 0 heterocycles. The van der Waals surface area contributed by atoms with E-state index in [-0.39, 0.29) is 10.6 Å². The quantitative estimate of drug-likeness (QED) is 0.427. The molecule has 0 aliphatic rings. The Kier molecular flexibility index (Phi) is 5.17. The maximum atomic E-state index is 12.2. The summed E-state index contributed by atoms with van der Waals surface area (Å²) in [6, 6.07) is 12.0. The Bertz CT molecular complexity index is 846. The average molecular weight is 348 g/mol. The third kappa shape index (κ3) is 4.54. The Labute approximate surface area is 139 Å². The van der Waals surface area contributed by atoms with Crippen LogP contribution in [0, 0.1) is 12.3 Å². The van der Waals surface area contributed by atoms with Crippen molar-refractivity contribution in [3.05, 3.63) is 59.7 Å². The Morgan fingerprint density at radius 3 is 2.33 bits per heavy atom. The number of aryl methyl sites for hydroxylation is 1. The SMILES string of the molecule is Cc1ccc(S(=O)(=O)ON(N=Cc2ccc(O)cc2)C(=N)N)cc1. The number of hydrogen-bond acceptors (Lipinski definition) is 6. The van der Waals surface area contributed by atoms with E-state index in [4.69, 9.17) is 15.4 Å². The highest BCUT2D eigenvalue weighted by molar-refractivity contribution is 7.86. The van der Waals surface area contributed by atoms with Gasteiger partial charge in [0, 0.05) is 0 Å². The lowest BCUT2D eigenvalue weighted by Crippen LogP contribution is -2.34. The zero-order valence-electron chi connectivity index (χ0n) is 12.7. The summed E-state index contributed by atoms with van der Waals surface area (Å²) >= 11 is 0. The zero-order valence-corrected chi connectivity index (χ0v) is 13.6. The van der Waals surface area contributed by atoms with Gasteiger partial charge in [-0.25, -0.2) is 0 Å². The van der Waals surface area contributed by atoms with Gasteiger partial charge in [-0.2, -0.15) is 8.42 Å². The molecule has 2 aromatic carbocycles. The van der Waals surface area contributed by atoms with Crippen molar-refractivity contribution in [3.8, 4) is 5.75 Å². The molecule has 0 amide bonds. The lowest BCUT2D eigenvalue weighted by atomic mass is 10.2. The topological polar surface area (TPSA) is 129 Å². The third-order valence-electron chi connectivity index (χ3n) is 2.89. The van der Waals surface area contributed by atoms with Crippen molar-refractivity contribution in [2.24, 2.45) is 10.8 Å². The second-order valence-electron chi connectivity index (χ2n) is 4.84. The summed E-state index contributed by atoms with van der Waals surface area (Å²) in [5.74, 6) is -0.630. The van der Waals surface area contributed by atoms with E-state index in [1.54, 1.807) is 24.3 Å². The Balaban J connectivity index is 2.20. The lowest BCUT2D eigenvalue weighted by Gasteiger charge is -2.15. The van der Waals surface area contributed by atoms with Crippen molar-refractivity contribution in [1.82, 2.24) is 5.17 Å². The number of hydrogen-bond donors (Lipinski definition) is 3. The molecule has 0 saturated heterocycles. The molecule has 8 nitrogen and oxygen atoms in total. The Morgan fingerprint density at radius 1 is 1.21 bits per heavy atom. The average Bonchev–Trinajstić information content (AvgIpc) is 2.53. The van der Waals surface area contributed by atoms with Gasteiger partial charge in [0.25, 0.3) is 0 Å². The molecule has 0 atom stereocenters. The summed E-state index contributed by atoms with van der Waals surface area (Å²) in [7, 11) is -4.18. The minimum Gasteiger partial charge on any atom is -0.508 e. The van der Waals surface area contributed by atoms with Gasteiger partial charge >= 0.3 is 10.1 Å². The van der Waals surface area contributed by atoms with Gasteiger partial charge in [-0.05, 0) is 48.9 Å². The first-order chi connectivity index (χ1) is 11.3. The van der Waals surface area contributed by atoms with E-state index < -0.39 is 16.1 Å². The molecule has 4 N–H and O–H groups in total. The van der Waals surface area contributed by atoms with Gasteiger partial charge in [0.15, 0.2) is 0 Å². The van der Waals surface area contributed by atoms with Gasteiger partial charge < -0.3 is 10.8 Å². The molecule has 2 rings (SSSR count). The third-order valence-corrected chi connectivity index (χ3v) is 4.08. The summed E-state index contributed by atoms with van der Waals surface area (Å²) < 4.78 is 29.2. The van der Waals surface area contributed by atoms with Gasteiger partial charge in [-0.3, -0.25) is 5.41 Å². The number of aromatic hydroxyl groups is 1. The van der Waals surface area contributed by atoms with Crippen LogP contribution in [0.2, 0.25) is 0 Å². The predicted octanol–water partition coefficient (Wildman–Crippen LogP) is 1.55. The van der Waals surface area contributed by atoms with E-state index in [1.807, 2.05) is 6.92 Å². The van der Waals surface area contributed by atoms with E-state index in [2.05, 4.69) is 5.10 Å². The van der Waals surface area contributed by atoms with E-state index in [0.717, 1.165) is 5.56 Å². The number of benzene rings is 2. The van der Waals surface area contributed by atoms with Crippen LogP contribution in [0.3, 0.4) is 0 Å². The second-order valence-corrected chi connectivity index (χ2v) is 6.36. The number of guanidine groups is 1. The molecule has 24 heavy (non-hydrogen) atoms. The molecule has 0 unspecified atom stereocenters. The number of hydroxylamine groups is 1. The molecule has 0 fully saturated rings. The highest BCUT2D eigenvalue weighted by atomic mass is 32.2. The molecule has 0 aromatic heterocycles.